The maximum absolute atomic E-state index is 9.35. The number of guanidine groups is 1. The summed E-state index contributed by atoms with van der Waals surface area (Å²) >= 11 is 0. The maximum Gasteiger partial charge on any atom is 0.204 e. The van der Waals surface area contributed by atoms with Gasteiger partial charge in [-0.1, -0.05) is 30.3 Å². The second-order valence-corrected chi connectivity index (χ2v) is 3.44. The molecule has 0 saturated heterocycles. The molecular weight excluding hydrogens is 192 g/mol. The number of rotatable bonds is 3. The van der Waals surface area contributed by atoms with Crippen LogP contribution in [0.2, 0.25) is 0 Å². The van der Waals surface area contributed by atoms with Crippen LogP contribution >= 0.6 is 0 Å². The third-order valence-electron chi connectivity index (χ3n) is 2.22. The van der Waals surface area contributed by atoms with Gasteiger partial charge in [0.15, 0.2) is 0 Å². The van der Waals surface area contributed by atoms with Crippen molar-refractivity contribution < 1.29 is 5.11 Å². The summed E-state index contributed by atoms with van der Waals surface area (Å²) in [4.78, 5) is 4.12. The molecule has 5 nitrogen and oxygen atoms in total. The lowest BCUT2D eigenvalue weighted by Crippen LogP contribution is -2.40. The number of aliphatic hydroxyl groups is 1. The fraction of sp³-hybridized carbons (Fsp3) is 0.300. The smallest absolute Gasteiger partial charge is 0.204 e. The largest absolute Gasteiger partial charge is 0.393 e. The number of nitrogens with one attached hydrogen (secondary N) is 1. The van der Waals surface area contributed by atoms with Crippen molar-refractivity contribution in [3.05, 3.63) is 35.9 Å². The predicted octanol–water partition coefficient (Wildman–Crippen LogP) is -0.328. The standard InChI is InChI=1S/C10H16N4O/c1-10(7-15,13-9(11)14-12)8-5-3-2-4-6-8/h2-6,15H,7,12H2,1H3,(H3,11,13,14). The highest BCUT2D eigenvalue weighted by Crippen LogP contribution is 2.24. The molecule has 0 spiro atoms. The Morgan fingerprint density at radius 1 is 1.47 bits per heavy atom. The lowest BCUT2D eigenvalue weighted by Gasteiger charge is -2.23. The van der Waals surface area contributed by atoms with Crippen molar-refractivity contribution in [1.82, 2.24) is 5.43 Å². The Kier molecular flexibility index (Phi) is 3.65. The van der Waals surface area contributed by atoms with Crippen LogP contribution in [0.3, 0.4) is 0 Å². The first kappa shape index (κ1) is 11.5. The third-order valence-corrected chi connectivity index (χ3v) is 2.22. The first-order chi connectivity index (χ1) is 7.12. The van der Waals surface area contributed by atoms with Crippen molar-refractivity contribution >= 4 is 5.96 Å². The van der Waals surface area contributed by atoms with E-state index in [9.17, 15) is 5.11 Å². The van der Waals surface area contributed by atoms with Gasteiger partial charge in [0.25, 0.3) is 0 Å². The Hall–Kier alpha value is -1.59. The molecular formula is C10H16N4O. The van der Waals surface area contributed by atoms with E-state index in [4.69, 9.17) is 11.6 Å². The average molecular weight is 208 g/mol. The van der Waals surface area contributed by atoms with Crippen molar-refractivity contribution in [2.24, 2.45) is 16.6 Å². The van der Waals surface area contributed by atoms with Gasteiger partial charge in [-0.3, -0.25) is 5.43 Å². The summed E-state index contributed by atoms with van der Waals surface area (Å²) in [7, 11) is 0. The van der Waals surface area contributed by atoms with Crippen molar-refractivity contribution in [2.45, 2.75) is 12.5 Å². The van der Waals surface area contributed by atoms with Crippen molar-refractivity contribution in [3.63, 3.8) is 0 Å². The van der Waals surface area contributed by atoms with Gasteiger partial charge in [-0.25, -0.2) is 10.8 Å². The van der Waals surface area contributed by atoms with Crippen LogP contribution in [-0.4, -0.2) is 17.7 Å². The van der Waals surface area contributed by atoms with E-state index >= 15 is 0 Å². The number of aliphatic imine (C=N–C) groups is 1. The van der Waals surface area contributed by atoms with Gasteiger partial charge in [0.05, 0.1) is 6.61 Å². The van der Waals surface area contributed by atoms with E-state index < -0.39 is 5.54 Å². The normalized spacial score (nSPS) is 15.8. The molecule has 1 atom stereocenters. The average Bonchev–Trinajstić information content (AvgIpc) is 2.30. The lowest BCUT2D eigenvalue weighted by atomic mass is 9.94. The summed E-state index contributed by atoms with van der Waals surface area (Å²) in [6.45, 7) is 1.64. The summed E-state index contributed by atoms with van der Waals surface area (Å²) < 4.78 is 0. The molecule has 1 unspecified atom stereocenters. The molecule has 0 bridgehead atoms. The maximum atomic E-state index is 9.35. The zero-order chi connectivity index (χ0) is 11.3. The van der Waals surface area contributed by atoms with E-state index in [0.717, 1.165) is 5.56 Å². The Balaban J connectivity index is 3.06. The van der Waals surface area contributed by atoms with E-state index in [2.05, 4.69) is 10.4 Å². The molecule has 0 heterocycles. The van der Waals surface area contributed by atoms with E-state index in [1.165, 1.54) is 0 Å². The highest BCUT2D eigenvalue weighted by molar-refractivity contribution is 5.77. The van der Waals surface area contributed by atoms with E-state index in [0.29, 0.717) is 0 Å². The Morgan fingerprint density at radius 3 is 2.53 bits per heavy atom. The summed E-state index contributed by atoms with van der Waals surface area (Å²) in [5.74, 6) is 5.22. The molecule has 5 heteroatoms. The van der Waals surface area contributed by atoms with Gasteiger partial charge >= 0.3 is 0 Å². The molecule has 0 amide bonds. The molecule has 1 aromatic rings. The van der Waals surface area contributed by atoms with Crippen LogP contribution in [-0.2, 0) is 5.54 Å². The van der Waals surface area contributed by atoms with E-state index in [1.807, 2.05) is 30.3 Å². The molecule has 0 aliphatic heterocycles. The predicted molar refractivity (Wildman–Crippen MR) is 59.8 cm³/mol. The fourth-order valence-corrected chi connectivity index (χ4v) is 1.29. The fourth-order valence-electron chi connectivity index (χ4n) is 1.29. The van der Waals surface area contributed by atoms with Gasteiger partial charge in [-0.2, -0.15) is 0 Å². The number of nitrogens with two attached hydrogens (primary N) is 2. The van der Waals surface area contributed by atoms with Crippen LogP contribution in [0.4, 0.5) is 0 Å². The molecule has 0 radical (unpaired) electrons. The van der Waals surface area contributed by atoms with Crippen LogP contribution in [0.25, 0.3) is 0 Å². The summed E-state index contributed by atoms with van der Waals surface area (Å²) in [5.41, 5.74) is 7.83. The van der Waals surface area contributed by atoms with Crippen LogP contribution in [0, 0.1) is 0 Å². The van der Waals surface area contributed by atoms with Crippen LogP contribution < -0.4 is 17.0 Å². The Labute approximate surface area is 88.8 Å². The van der Waals surface area contributed by atoms with Crippen LogP contribution in [0.1, 0.15) is 12.5 Å². The summed E-state index contributed by atoms with van der Waals surface area (Å²) in [6.07, 6.45) is 0. The summed E-state index contributed by atoms with van der Waals surface area (Å²) in [5, 5.41) is 9.35. The molecule has 1 aromatic carbocycles. The number of aliphatic hydroxyl groups excluding tert-OH is 1. The topological polar surface area (TPSA) is 96.7 Å². The van der Waals surface area contributed by atoms with Gasteiger partial charge in [0.1, 0.15) is 5.54 Å². The molecule has 0 fully saturated rings. The molecule has 6 N–H and O–H groups in total. The number of hydrazine groups is 1. The molecule has 15 heavy (non-hydrogen) atoms. The van der Waals surface area contributed by atoms with Gasteiger partial charge in [0, 0.05) is 0 Å². The first-order valence-corrected chi connectivity index (χ1v) is 4.61. The zero-order valence-corrected chi connectivity index (χ0v) is 8.64. The van der Waals surface area contributed by atoms with Gasteiger partial charge in [-0.05, 0) is 12.5 Å². The minimum absolute atomic E-state index is 0.0930. The monoisotopic (exact) mass is 208 g/mol. The van der Waals surface area contributed by atoms with Crippen LogP contribution in [0.15, 0.2) is 35.3 Å². The third kappa shape index (κ3) is 2.68. The van der Waals surface area contributed by atoms with E-state index in [-0.39, 0.29) is 12.6 Å². The van der Waals surface area contributed by atoms with Gasteiger partial charge in [0.2, 0.25) is 5.96 Å². The van der Waals surface area contributed by atoms with Gasteiger partial charge < -0.3 is 10.8 Å². The zero-order valence-electron chi connectivity index (χ0n) is 8.64. The lowest BCUT2D eigenvalue weighted by molar-refractivity contribution is 0.211. The highest BCUT2D eigenvalue weighted by atomic mass is 16.3. The number of nitrogens with zero attached hydrogens (tertiary/aromatic N) is 1. The Bertz CT molecular complexity index is 339. The SMILES string of the molecule is CC(CO)(N=C(N)NN)c1ccccc1. The molecule has 0 aliphatic rings. The van der Waals surface area contributed by atoms with Crippen LogP contribution in [0.5, 0.6) is 0 Å². The quantitative estimate of drug-likeness (QED) is 0.237. The molecule has 0 saturated carbocycles. The Morgan fingerprint density at radius 2 is 2.07 bits per heavy atom. The second-order valence-electron chi connectivity index (χ2n) is 3.44. The molecule has 0 aliphatic carbocycles. The highest BCUT2D eigenvalue weighted by Gasteiger charge is 2.24. The minimum atomic E-state index is -0.766. The molecule has 1 rings (SSSR count). The van der Waals surface area contributed by atoms with Crippen molar-refractivity contribution in [1.29, 1.82) is 0 Å². The first-order valence-electron chi connectivity index (χ1n) is 4.61. The number of hydrogen-bond donors (Lipinski definition) is 4. The summed E-state index contributed by atoms with van der Waals surface area (Å²) in [6, 6.07) is 9.41. The minimum Gasteiger partial charge on any atom is -0.393 e. The van der Waals surface area contributed by atoms with Crippen molar-refractivity contribution in [3.8, 4) is 0 Å². The number of hydrogen-bond acceptors (Lipinski definition) is 3. The molecule has 0 aromatic heterocycles. The number of benzene rings is 1. The second kappa shape index (κ2) is 4.77. The molecule has 82 valence electrons. The van der Waals surface area contributed by atoms with Crippen molar-refractivity contribution in [2.75, 3.05) is 6.61 Å². The van der Waals surface area contributed by atoms with Gasteiger partial charge in [-0.15, -0.1) is 0 Å². The van der Waals surface area contributed by atoms with E-state index in [1.54, 1.807) is 6.92 Å².